The van der Waals surface area contributed by atoms with Gasteiger partial charge in [-0.05, 0) is 32.0 Å². The molecule has 1 unspecified atom stereocenters. The molecule has 0 bridgehead atoms. The quantitative estimate of drug-likeness (QED) is 0.795. The van der Waals surface area contributed by atoms with Gasteiger partial charge in [0, 0.05) is 18.2 Å². The summed E-state index contributed by atoms with van der Waals surface area (Å²) < 4.78 is 5.61. The first-order valence-corrected chi connectivity index (χ1v) is 5.78. The third kappa shape index (κ3) is 2.94. The van der Waals surface area contributed by atoms with Gasteiger partial charge in [-0.3, -0.25) is 4.79 Å². The van der Waals surface area contributed by atoms with E-state index >= 15 is 0 Å². The predicted molar refractivity (Wildman–Crippen MR) is 64.0 cm³/mol. The topological polar surface area (TPSA) is 77.2 Å². The maximum Gasteiger partial charge on any atom is 0.254 e. The lowest BCUT2D eigenvalue weighted by Crippen LogP contribution is -2.19. The summed E-state index contributed by atoms with van der Waals surface area (Å²) in [7, 11) is 0. The summed E-state index contributed by atoms with van der Waals surface area (Å²) in [5.74, 6) is 0.333. The van der Waals surface area contributed by atoms with Crippen molar-refractivity contribution in [3.05, 3.63) is 23.4 Å². The van der Waals surface area contributed by atoms with Crippen LogP contribution in [-0.2, 0) is 0 Å². The van der Waals surface area contributed by atoms with Crippen LogP contribution in [0.5, 0.6) is 5.88 Å². The zero-order valence-electron chi connectivity index (χ0n) is 9.90. The Balaban J connectivity index is 2.07. The molecule has 0 aromatic carbocycles. The van der Waals surface area contributed by atoms with Gasteiger partial charge in [0.2, 0.25) is 5.88 Å². The zero-order chi connectivity index (χ0) is 12.3. The number of pyridine rings is 1. The number of amides is 1. The summed E-state index contributed by atoms with van der Waals surface area (Å²) in [5, 5.41) is 3.27. The maximum atomic E-state index is 11.2. The van der Waals surface area contributed by atoms with Crippen LogP contribution in [0, 0.1) is 12.8 Å². The van der Waals surface area contributed by atoms with Crippen LogP contribution >= 0.6 is 0 Å². The van der Waals surface area contributed by atoms with Crippen LogP contribution in [0.3, 0.4) is 0 Å². The molecule has 1 fully saturated rings. The Morgan fingerprint density at radius 2 is 2.47 bits per heavy atom. The Morgan fingerprint density at radius 1 is 1.65 bits per heavy atom. The van der Waals surface area contributed by atoms with Crippen LogP contribution in [0.4, 0.5) is 0 Å². The number of carbonyl (C=O) groups excluding carboxylic acids is 1. The molecule has 17 heavy (non-hydrogen) atoms. The van der Waals surface area contributed by atoms with Crippen molar-refractivity contribution in [2.45, 2.75) is 13.3 Å². The molecule has 1 saturated heterocycles. The van der Waals surface area contributed by atoms with Crippen LogP contribution in [0.25, 0.3) is 0 Å². The summed E-state index contributed by atoms with van der Waals surface area (Å²) in [5.41, 5.74) is 6.44. The van der Waals surface area contributed by atoms with Gasteiger partial charge in [0.1, 0.15) is 5.56 Å². The normalized spacial score (nSPS) is 19.2. The van der Waals surface area contributed by atoms with E-state index in [1.165, 1.54) is 0 Å². The van der Waals surface area contributed by atoms with Gasteiger partial charge in [-0.2, -0.15) is 0 Å². The van der Waals surface area contributed by atoms with Gasteiger partial charge >= 0.3 is 0 Å². The van der Waals surface area contributed by atoms with Crippen LogP contribution in [0.15, 0.2) is 12.1 Å². The Labute approximate surface area is 100 Å². The third-order valence-electron chi connectivity index (χ3n) is 2.88. The smallest absolute Gasteiger partial charge is 0.254 e. The third-order valence-corrected chi connectivity index (χ3v) is 2.88. The lowest BCUT2D eigenvalue weighted by atomic mass is 10.1. The van der Waals surface area contributed by atoms with E-state index in [1.807, 2.05) is 6.92 Å². The standard InChI is InChI=1S/C12H17N3O2/c1-8-2-3-10(11(13)16)12(15-8)17-7-9-4-5-14-6-9/h2-3,9,14H,4-7H2,1H3,(H2,13,16). The molecule has 1 aliphatic heterocycles. The van der Waals surface area contributed by atoms with E-state index in [9.17, 15) is 4.79 Å². The maximum absolute atomic E-state index is 11.2. The van der Waals surface area contributed by atoms with E-state index in [0.29, 0.717) is 24.0 Å². The molecular formula is C12H17N3O2. The first-order chi connectivity index (χ1) is 8.16. The highest BCUT2D eigenvalue weighted by Gasteiger charge is 2.17. The van der Waals surface area contributed by atoms with Crippen molar-refractivity contribution in [2.24, 2.45) is 11.7 Å². The second kappa shape index (κ2) is 5.14. The van der Waals surface area contributed by atoms with Gasteiger partial charge in [-0.25, -0.2) is 4.98 Å². The van der Waals surface area contributed by atoms with Gasteiger partial charge < -0.3 is 15.8 Å². The van der Waals surface area contributed by atoms with Crippen molar-refractivity contribution in [1.29, 1.82) is 0 Å². The van der Waals surface area contributed by atoms with Crippen molar-refractivity contribution in [1.82, 2.24) is 10.3 Å². The average molecular weight is 235 g/mol. The lowest BCUT2D eigenvalue weighted by Gasteiger charge is -2.12. The molecule has 0 aliphatic carbocycles. The molecule has 0 spiro atoms. The number of rotatable bonds is 4. The zero-order valence-corrected chi connectivity index (χ0v) is 9.90. The van der Waals surface area contributed by atoms with E-state index in [2.05, 4.69) is 10.3 Å². The highest BCUT2D eigenvalue weighted by Crippen LogP contribution is 2.17. The van der Waals surface area contributed by atoms with Gasteiger partial charge in [-0.15, -0.1) is 0 Å². The minimum Gasteiger partial charge on any atom is -0.477 e. The Morgan fingerprint density at radius 3 is 3.12 bits per heavy atom. The molecule has 1 atom stereocenters. The van der Waals surface area contributed by atoms with Crippen LogP contribution in [0.2, 0.25) is 0 Å². The van der Waals surface area contributed by atoms with Crippen molar-refractivity contribution in [2.75, 3.05) is 19.7 Å². The van der Waals surface area contributed by atoms with E-state index < -0.39 is 5.91 Å². The molecule has 0 radical (unpaired) electrons. The fourth-order valence-electron chi connectivity index (χ4n) is 1.88. The predicted octanol–water partition coefficient (Wildman–Crippen LogP) is 0.477. The summed E-state index contributed by atoms with van der Waals surface area (Å²) in [6, 6.07) is 3.41. The molecule has 1 aromatic heterocycles. The van der Waals surface area contributed by atoms with Gasteiger partial charge in [-0.1, -0.05) is 0 Å². The molecular weight excluding hydrogens is 218 g/mol. The van der Waals surface area contributed by atoms with Crippen molar-refractivity contribution in [3.8, 4) is 5.88 Å². The van der Waals surface area contributed by atoms with Crippen molar-refractivity contribution >= 4 is 5.91 Å². The number of carbonyl (C=O) groups is 1. The van der Waals surface area contributed by atoms with Crippen LogP contribution < -0.4 is 15.8 Å². The van der Waals surface area contributed by atoms with Crippen LogP contribution in [0.1, 0.15) is 22.5 Å². The average Bonchev–Trinajstić information content (AvgIpc) is 2.78. The number of hydrogen-bond acceptors (Lipinski definition) is 4. The Hall–Kier alpha value is -1.62. The van der Waals surface area contributed by atoms with Gasteiger partial charge in [0.15, 0.2) is 0 Å². The van der Waals surface area contributed by atoms with E-state index in [4.69, 9.17) is 10.5 Å². The van der Waals surface area contributed by atoms with Crippen molar-refractivity contribution in [3.63, 3.8) is 0 Å². The van der Waals surface area contributed by atoms with Crippen LogP contribution in [-0.4, -0.2) is 30.6 Å². The van der Waals surface area contributed by atoms with E-state index in [1.54, 1.807) is 12.1 Å². The largest absolute Gasteiger partial charge is 0.477 e. The SMILES string of the molecule is Cc1ccc(C(N)=O)c(OCC2CCNC2)n1. The fraction of sp³-hybridized carbons (Fsp3) is 0.500. The van der Waals surface area contributed by atoms with E-state index in [0.717, 1.165) is 25.2 Å². The number of hydrogen-bond donors (Lipinski definition) is 2. The number of nitrogens with two attached hydrogens (primary N) is 1. The molecule has 5 heteroatoms. The fourth-order valence-corrected chi connectivity index (χ4v) is 1.88. The number of primary amides is 1. The van der Waals surface area contributed by atoms with Crippen molar-refractivity contribution < 1.29 is 9.53 Å². The summed E-state index contributed by atoms with van der Waals surface area (Å²) in [6.07, 6.45) is 1.09. The number of ether oxygens (including phenoxy) is 1. The monoisotopic (exact) mass is 235 g/mol. The second-order valence-corrected chi connectivity index (χ2v) is 4.34. The van der Waals surface area contributed by atoms with Gasteiger partial charge in [0.05, 0.1) is 6.61 Å². The lowest BCUT2D eigenvalue weighted by molar-refractivity contribution is 0.0994. The molecule has 0 saturated carbocycles. The molecule has 1 amide bonds. The number of aryl methyl sites for hydroxylation is 1. The highest BCUT2D eigenvalue weighted by molar-refractivity contribution is 5.95. The molecule has 1 aromatic rings. The second-order valence-electron chi connectivity index (χ2n) is 4.34. The summed E-state index contributed by atoms with van der Waals surface area (Å²) >= 11 is 0. The minimum absolute atomic E-state index is 0.349. The molecule has 92 valence electrons. The number of nitrogens with one attached hydrogen (secondary N) is 1. The summed E-state index contributed by atoms with van der Waals surface area (Å²) in [4.78, 5) is 15.4. The first-order valence-electron chi connectivity index (χ1n) is 5.78. The molecule has 3 N–H and O–H groups in total. The molecule has 2 rings (SSSR count). The molecule has 5 nitrogen and oxygen atoms in total. The van der Waals surface area contributed by atoms with E-state index in [-0.39, 0.29) is 0 Å². The molecule has 2 heterocycles. The number of nitrogens with zero attached hydrogens (tertiary/aromatic N) is 1. The van der Waals surface area contributed by atoms with Gasteiger partial charge in [0.25, 0.3) is 5.91 Å². The first kappa shape index (κ1) is 11.9. The Bertz CT molecular complexity index is 414. The Kier molecular flexibility index (Phi) is 3.58. The summed E-state index contributed by atoms with van der Waals surface area (Å²) in [6.45, 7) is 4.41. The number of aromatic nitrogens is 1. The highest BCUT2D eigenvalue weighted by atomic mass is 16.5. The molecule has 1 aliphatic rings. The minimum atomic E-state index is -0.503.